The third-order valence-corrected chi connectivity index (χ3v) is 6.00. The maximum atomic E-state index is 13.1. The smallest absolute Gasteiger partial charge is 0.336 e. The van der Waals surface area contributed by atoms with E-state index in [2.05, 4.69) is 11.3 Å². The third kappa shape index (κ3) is 5.68. The minimum absolute atomic E-state index is 0.0185. The molecule has 1 unspecified atom stereocenters. The Kier molecular flexibility index (Phi) is 7.90. The number of rotatable bonds is 10. The van der Waals surface area contributed by atoms with Crippen LogP contribution in [-0.4, -0.2) is 39.9 Å². The van der Waals surface area contributed by atoms with E-state index in [1.54, 1.807) is 43.3 Å². The molecule has 0 aromatic heterocycles. The summed E-state index contributed by atoms with van der Waals surface area (Å²) in [5.74, 6) is -0.335. The summed E-state index contributed by atoms with van der Waals surface area (Å²) in [6.45, 7) is 6.99. The molecule has 0 fully saturated rings. The number of aryl methyl sites for hydroxylation is 1. The van der Waals surface area contributed by atoms with Gasteiger partial charge in [0.25, 0.3) is 0 Å². The summed E-state index contributed by atoms with van der Waals surface area (Å²) < 4.78 is 38.7. The highest BCUT2D eigenvalue weighted by Gasteiger charge is 2.44. The van der Waals surface area contributed by atoms with Gasteiger partial charge in [0.05, 0.1) is 18.6 Å². The maximum absolute atomic E-state index is 13.1. The number of carbonyl (C=O) groups excluding carboxylic acids is 2. The van der Waals surface area contributed by atoms with E-state index < -0.39 is 21.5 Å². The van der Waals surface area contributed by atoms with Gasteiger partial charge in [-0.25, -0.2) is 13.2 Å². The first-order valence-electron chi connectivity index (χ1n) is 9.44. The van der Waals surface area contributed by atoms with Gasteiger partial charge in [0.2, 0.25) is 10.0 Å². The number of nitrogens with one attached hydrogen (secondary N) is 1. The second-order valence-corrected chi connectivity index (χ2v) is 8.38. The first-order valence-corrected chi connectivity index (χ1v) is 10.9. The Morgan fingerprint density at radius 3 is 2.26 bits per heavy atom. The molecule has 0 aliphatic rings. The zero-order chi connectivity index (χ0) is 23.1. The van der Waals surface area contributed by atoms with Gasteiger partial charge in [-0.05, 0) is 49.8 Å². The average molecular weight is 444 g/mol. The van der Waals surface area contributed by atoms with E-state index in [1.807, 2.05) is 6.92 Å². The number of aldehydes is 1. The van der Waals surface area contributed by atoms with E-state index in [0.717, 1.165) is 5.56 Å². The van der Waals surface area contributed by atoms with Crippen LogP contribution in [0.25, 0.3) is 6.08 Å². The van der Waals surface area contributed by atoms with E-state index in [4.69, 9.17) is 9.47 Å². The van der Waals surface area contributed by atoms with Gasteiger partial charge in [0.1, 0.15) is 12.0 Å². The molecule has 0 bridgehead atoms. The molecule has 0 saturated heterocycles. The summed E-state index contributed by atoms with van der Waals surface area (Å²) in [5, 5.41) is 0. The van der Waals surface area contributed by atoms with Crippen LogP contribution in [0.5, 0.6) is 5.75 Å². The van der Waals surface area contributed by atoms with Gasteiger partial charge in [-0.3, -0.25) is 4.79 Å². The molecule has 0 radical (unpaired) electrons. The molecule has 2 aromatic carbocycles. The third-order valence-electron chi connectivity index (χ3n) is 4.51. The lowest BCUT2D eigenvalue weighted by atomic mass is 9.91. The van der Waals surface area contributed by atoms with Crippen molar-refractivity contribution in [1.82, 2.24) is 4.72 Å². The van der Waals surface area contributed by atoms with Crippen LogP contribution in [0.1, 0.15) is 18.1 Å². The van der Waals surface area contributed by atoms with Crippen LogP contribution in [0.3, 0.4) is 0 Å². The van der Waals surface area contributed by atoms with Crippen LogP contribution < -0.4 is 9.46 Å². The Morgan fingerprint density at radius 2 is 1.74 bits per heavy atom. The Labute approximate surface area is 182 Å². The van der Waals surface area contributed by atoms with Crippen molar-refractivity contribution in [2.75, 3.05) is 13.7 Å². The minimum Gasteiger partial charge on any atom is -0.497 e. The molecule has 2 aromatic rings. The molecule has 0 aliphatic carbocycles. The van der Waals surface area contributed by atoms with Crippen LogP contribution in [0.2, 0.25) is 0 Å². The second-order valence-electron chi connectivity index (χ2n) is 6.70. The number of hydrogen-bond acceptors (Lipinski definition) is 6. The number of esters is 1. The molecular weight excluding hydrogens is 418 g/mol. The standard InChI is InChI=1S/C23H25NO6S/c1-5-30-22(26)23(18(3)16-25,15-14-19-8-10-20(29-4)11-9-19)24-31(27,28)21-12-6-17(2)7-13-21/h6-16,24H,3,5H2,1-2,4H3/b15-14+. The normalized spacial score (nSPS) is 13.4. The Hall–Kier alpha value is -3.23. The molecule has 31 heavy (non-hydrogen) atoms. The maximum Gasteiger partial charge on any atom is 0.336 e. The van der Waals surface area contributed by atoms with Gasteiger partial charge in [-0.2, -0.15) is 4.72 Å². The molecule has 164 valence electrons. The molecule has 0 saturated carbocycles. The largest absolute Gasteiger partial charge is 0.497 e. The van der Waals surface area contributed by atoms with E-state index >= 15 is 0 Å². The lowest BCUT2D eigenvalue weighted by Gasteiger charge is -2.29. The predicted octanol–water partition coefficient (Wildman–Crippen LogP) is 3.05. The first-order chi connectivity index (χ1) is 14.7. The minimum atomic E-state index is -4.21. The van der Waals surface area contributed by atoms with Gasteiger partial charge >= 0.3 is 5.97 Å². The second kappa shape index (κ2) is 10.2. The molecule has 0 amide bonds. The van der Waals surface area contributed by atoms with E-state index in [0.29, 0.717) is 17.6 Å². The molecular formula is C23H25NO6S. The molecule has 0 aliphatic heterocycles. The molecule has 0 heterocycles. The van der Waals surface area contributed by atoms with Gasteiger partial charge in [-0.15, -0.1) is 0 Å². The molecule has 0 spiro atoms. The SMILES string of the molecule is C=C(C=O)C(/C=C/c1ccc(OC)cc1)(NS(=O)(=O)c1ccc(C)cc1)C(=O)OCC. The summed E-state index contributed by atoms with van der Waals surface area (Å²) in [6, 6.07) is 12.9. The van der Waals surface area contributed by atoms with Gasteiger partial charge in [-0.1, -0.05) is 42.5 Å². The summed E-state index contributed by atoms with van der Waals surface area (Å²) in [5.41, 5.74) is -0.928. The topological polar surface area (TPSA) is 98.8 Å². The summed E-state index contributed by atoms with van der Waals surface area (Å²) >= 11 is 0. The molecule has 8 heteroatoms. The highest BCUT2D eigenvalue weighted by molar-refractivity contribution is 7.89. The van der Waals surface area contributed by atoms with Crippen molar-refractivity contribution in [2.24, 2.45) is 0 Å². The van der Waals surface area contributed by atoms with Crippen LogP contribution >= 0.6 is 0 Å². The lowest BCUT2D eigenvalue weighted by molar-refractivity contribution is -0.147. The lowest BCUT2D eigenvalue weighted by Crippen LogP contribution is -2.55. The van der Waals surface area contributed by atoms with Gasteiger partial charge < -0.3 is 9.47 Å². The quantitative estimate of drug-likeness (QED) is 0.344. The predicted molar refractivity (Wildman–Crippen MR) is 118 cm³/mol. The highest BCUT2D eigenvalue weighted by Crippen LogP contribution is 2.24. The number of benzene rings is 2. The highest BCUT2D eigenvalue weighted by atomic mass is 32.2. The molecule has 2 rings (SSSR count). The van der Waals surface area contributed by atoms with Crippen molar-refractivity contribution in [2.45, 2.75) is 24.3 Å². The number of hydrogen-bond donors (Lipinski definition) is 1. The Morgan fingerprint density at radius 1 is 1.13 bits per heavy atom. The number of carbonyl (C=O) groups is 2. The van der Waals surface area contributed by atoms with Crippen molar-refractivity contribution in [3.8, 4) is 5.75 Å². The fourth-order valence-electron chi connectivity index (χ4n) is 2.71. The van der Waals surface area contributed by atoms with Crippen LogP contribution in [0.4, 0.5) is 0 Å². The van der Waals surface area contributed by atoms with Crippen molar-refractivity contribution in [1.29, 1.82) is 0 Å². The zero-order valence-electron chi connectivity index (χ0n) is 17.6. The molecule has 1 atom stereocenters. The number of ether oxygens (including phenoxy) is 2. The zero-order valence-corrected chi connectivity index (χ0v) is 18.4. The van der Waals surface area contributed by atoms with Crippen molar-refractivity contribution in [3.05, 3.63) is 77.9 Å². The van der Waals surface area contributed by atoms with E-state index in [1.165, 1.54) is 31.4 Å². The van der Waals surface area contributed by atoms with Crippen molar-refractivity contribution < 1.29 is 27.5 Å². The fraction of sp³-hybridized carbons (Fsp3) is 0.217. The van der Waals surface area contributed by atoms with Crippen LogP contribution in [0, 0.1) is 6.92 Å². The summed E-state index contributed by atoms with van der Waals surface area (Å²) in [4.78, 5) is 24.5. The Balaban J connectivity index is 2.57. The van der Waals surface area contributed by atoms with Crippen molar-refractivity contribution >= 4 is 28.4 Å². The Bertz CT molecular complexity index is 1070. The molecule has 1 N–H and O–H groups in total. The number of methoxy groups -OCH3 is 1. The van der Waals surface area contributed by atoms with Crippen LogP contribution in [-0.2, 0) is 24.3 Å². The van der Waals surface area contributed by atoms with Gasteiger partial charge in [0, 0.05) is 5.57 Å². The monoisotopic (exact) mass is 443 g/mol. The summed E-state index contributed by atoms with van der Waals surface area (Å²) in [6.07, 6.45) is 3.09. The van der Waals surface area contributed by atoms with E-state index in [-0.39, 0.29) is 17.1 Å². The molecule has 7 nitrogen and oxygen atoms in total. The first kappa shape index (κ1) is 24.0. The van der Waals surface area contributed by atoms with Crippen molar-refractivity contribution in [3.63, 3.8) is 0 Å². The summed E-state index contributed by atoms with van der Waals surface area (Å²) in [7, 11) is -2.68. The van der Waals surface area contributed by atoms with Crippen LogP contribution in [0.15, 0.2) is 71.7 Å². The fourth-order valence-corrected chi connectivity index (χ4v) is 4.03. The van der Waals surface area contributed by atoms with Gasteiger partial charge in [0.15, 0.2) is 5.54 Å². The average Bonchev–Trinajstić information content (AvgIpc) is 2.76. The number of sulfonamides is 1. The van der Waals surface area contributed by atoms with E-state index in [9.17, 15) is 18.0 Å².